The molecule has 2 aliphatic rings. The Morgan fingerprint density at radius 3 is 2.47 bits per heavy atom. The summed E-state index contributed by atoms with van der Waals surface area (Å²) in [7, 11) is 0. The molecular formula is C22H25N7O. The Hall–Kier alpha value is -3.16. The van der Waals surface area contributed by atoms with Crippen molar-refractivity contribution >= 4 is 5.91 Å². The number of carbonyl (C=O) groups is 1. The first kappa shape index (κ1) is 18.8. The van der Waals surface area contributed by atoms with Gasteiger partial charge in [-0.1, -0.05) is 0 Å². The van der Waals surface area contributed by atoms with E-state index >= 15 is 0 Å². The Morgan fingerprint density at radius 1 is 1.00 bits per heavy atom. The van der Waals surface area contributed by atoms with Crippen molar-refractivity contribution in [2.75, 3.05) is 0 Å². The summed E-state index contributed by atoms with van der Waals surface area (Å²) >= 11 is 0. The molecule has 0 N–H and O–H groups in total. The van der Waals surface area contributed by atoms with Crippen molar-refractivity contribution < 1.29 is 4.79 Å². The van der Waals surface area contributed by atoms with Crippen LogP contribution in [0.25, 0.3) is 5.69 Å². The highest BCUT2D eigenvalue weighted by Gasteiger charge is 2.49. The fourth-order valence-corrected chi connectivity index (χ4v) is 5.10. The predicted molar refractivity (Wildman–Crippen MR) is 110 cm³/mol. The highest BCUT2D eigenvalue weighted by atomic mass is 16.2. The third kappa shape index (κ3) is 3.26. The van der Waals surface area contributed by atoms with Gasteiger partial charge in [-0.3, -0.25) is 4.79 Å². The number of pyridine rings is 1. The highest BCUT2D eigenvalue weighted by Crippen LogP contribution is 2.43. The molecule has 0 aromatic carbocycles. The maximum atomic E-state index is 13.6. The summed E-state index contributed by atoms with van der Waals surface area (Å²) in [5.74, 6) is 1.24. The van der Waals surface area contributed by atoms with Gasteiger partial charge < -0.3 is 4.90 Å². The molecule has 8 nitrogen and oxygen atoms in total. The minimum absolute atomic E-state index is 0.0256. The first-order chi connectivity index (χ1) is 14.5. The van der Waals surface area contributed by atoms with Gasteiger partial charge in [0.2, 0.25) is 0 Å². The van der Waals surface area contributed by atoms with Crippen LogP contribution in [0.2, 0.25) is 0 Å². The maximum absolute atomic E-state index is 13.6. The summed E-state index contributed by atoms with van der Waals surface area (Å²) in [4.78, 5) is 31.0. The number of nitrogens with zero attached hydrogens (tertiary/aromatic N) is 7. The molecule has 0 aliphatic carbocycles. The topological polar surface area (TPSA) is 89.7 Å². The lowest BCUT2D eigenvalue weighted by Gasteiger charge is -2.25. The van der Waals surface area contributed by atoms with E-state index in [-0.39, 0.29) is 18.0 Å². The molecule has 0 spiro atoms. The SMILES string of the molecule is Cc1cc(C)nc(CC2CC3CCC2N3C(=O)c2nc(C)ccc2-n2nccn2)n1. The first-order valence-electron chi connectivity index (χ1n) is 10.5. The summed E-state index contributed by atoms with van der Waals surface area (Å²) in [6.07, 6.45) is 7.08. The monoisotopic (exact) mass is 403 g/mol. The van der Waals surface area contributed by atoms with Gasteiger partial charge >= 0.3 is 0 Å². The molecule has 2 saturated heterocycles. The van der Waals surface area contributed by atoms with Gasteiger partial charge in [-0.15, -0.1) is 4.80 Å². The molecule has 2 bridgehead atoms. The van der Waals surface area contributed by atoms with Crippen LogP contribution in [-0.4, -0.2) is 52.8 Å². The minimum Gasteiger partial charge on any atom is -0.331 e. The Balaban J connectivity index is 1.43. The zero-order valence-electron chi connectivity index (χ0n) is 17.5. The van der Waals surface area contributed by atoms with Crippen LogP contribution in [0, 0.1) is 26.7 Å². The number of hydrogen-bond acceptors (Lipinski definition) is 6. The van der Waals surface area contributed by atoms with Crippen molar-refractivity contribution in [2.45, 2.75) is 58.5 Å². The fourth-order valence-electron chi connectivity index (χ4n) is 5.10. The number of hydrogen-bond donors (Lipinski definition) is 0. The molecule has 3 unspecified atom stereocenters. The molecule has 3 atom stereocenters. The van der Waals surface area contributed by atoms with Crippen molar-refractivity contribution in [2.24, 2.45) is 5.92 Å². The fraction of sp³-hybridized carbons (Fsp3) is 0.455. The predicted octanol–water partition coefficient (Wildman–Crippen LogP) is 2.61. The van der Waals surface area contributed by atoms with Crippen LogP contribution < -0.4 is 0 Å². The second kappa shape index (κ2) is 7.27. The lowest BCUT2D eigenvalue weighted by molar-refractivity contribution is 0.0712. The molecule has 5 heterocycles. The largest absolute Gasteiger partial charge is 0.331 e. The first-order valence-corrected chi connectivity index (χ1v) is 10.5. The van der Waals surface area contributed by atoms with Crippen molar-refractivity contribution in [3.63, 3.8) is 0 Å². The molecular weight excluding hydrogens is 378 g/mol. The van der Waals surface area contributed by atoms with E-state index < -0.39 is 0 Å². The third-order valence-electron chi connectivity index (χ3n) is 6.22. The van der Waals surface area contributed by atoms with Gasteiger partial charge in [-0.2, -0.15) is 10.2 Å². The van der Waals surface area contributed by atoms with E-state index in [9.17, 15) is 4.79 Å². The molecule has 30 heavy (non-hydrogen) atoms. The third-order valence-corrected chi connectivity index (χ3v) is 6.22. The molecule has 3 aromatic heterocycles. The van der Waals surface area contributed by atoms with Crippen LogP contribution >= 0.6 is 0 Å². The maximum Gasteiger partial charge on any atom is 0.275 e. The molecule has 3 aromatic rings. The van der Waals surface area contributed by atoms with Crippen molar-refractivity contribution in [1.29, 1.82) is 0 Å². The smallest absolute Gasteiger partial charge is 0.275 e. The van der Waals surface area contributed by atoms with Gasteiger partial charge in [0.05, 0.1) is 12.4 Å². The van der Waals surface area contributed by atoms with Crippen LogP contribution in [0.15, 0.2) is 30.6 Å². The molecule has 0 radical (unpaired) electrons. The Labute approximate surface area is 175 Å². The average molecular weight is 403 g/mol. The van der Waals surface area contributed by atoms with E-state index in [2.05, 4.69) is 30.0 Å². The van der Waals surface area contributed by atoms with E-state index in [0.29, 0.717) is 17.3 Å². The lowest BCUT2D eigenvalue weighted by atomic mass is 9.86. The van der Waals surface area contributed by atoms with Crippen molar-refractivity contribution in [3.05, 3.63) is 59.2 Å². The van der Waals surface area contributed by atoms with Gasteiger partial charge in [0, 0.05) is 35.6 Å². The van der Waals surface area contributed by atoms with Gasteiger partial charge in [0.1, 0.15) is 11.5 Å². The second-order valence-electron chi connectivity index (χ2n) is 8.42. The number of carbonyl (C=O) groups excluding carboxylic acids is 1. The van der Waals surface area contributed by atoms with Gasteiger partial charge in [0.15, 0.2) is 5.69 Å². The van der Waals surface area contributed by atoms with E-state index in [1.54, 1.807) is 12.4 Å². The second-order valence-corrected chi connectivity index (χ2v) is 8.42. The van der Waals surface area contributed by atoms with Crippen LogP contribution in [0.4, 0.5) is 0 Å². The van der Waals surface area contributed by atoms with Gasteiger partial charge in [-0.25, -0.2) is 15.0 Å². The average Bonchev–Trinajstić information content (AvgIpc) is 3.43. The van der Waals surface area contributed by atoms with Crippen LogP contribution in [0.1, 0.15) is 52.7 Å². The normalized spacial score (nSPS) is 22.6. The number of fused-ring (bicyclic) bond motifs is 2. The zero-order chi connectivity index (χ0) is 20.8. The number of amides is 1. The Bertz CT molecular complexity index is 1070. The minimum atomic E-state index is -0.0256. The molecule has 0 saturated carbocycles. The molecule has 5 rings (SSSR count). The Morgan fingerprint density at radius 2 is 1.73 bits per heavy atom. The zero-order valence-corrected chi connectivity index (χ0v) is 17.5. The summed E-state index contributed by atoms with van der Waals surface area (Å²) in [5, 5.41) is 8.41. The quantitative estimate of drug-likeness (QED) is 0.665. The Kier molecular flexibility index (Phi) is 4.56. The highest BCUT2D eigenvalue weighted by molar-refractivity contribution is 5.96. The van der Waals surface area contributed by atoms with E-state index in [0.717, 1.165) is 48.6 Å². The summed E-state index contributed by atoms with van der Waals surface area (Å²) in [6, 6.07) is 6.20. The van der Waals surface area contributed by atoms with E-state index in [1.807, 2.05) is 39.0 Å². The number of rotatable bonds is 4. The van der Waals surface area contributed by atoms with Crippen LogP contribution in [-0.2, 0) is 6.42 Å². The number of aromatic nitrogens is 6. The molecule has 2 aliphatic heterocycles. The summed E-state index contributed by atoms with van der Waals surface area (Å²) < 4.78 is 0. The standard InChI is InChI=1S/C22H25N7O/c1-13-4-6-19(29-23-8-9-24-29)21(27-13)22(30)28-17-5-7-18(28)16(11-17)12-20-25-14(2)10-15(3)26-20/h4,6,8-10,16-18H,5,7,11-12H2,1-3H3. The van der Waals surface area contributed by atoms with Crippen LogP contribution in [0.5, 0.6) is 0 Å². The lowest BCUT2D eigenvalue weighted by Crippen LogP contribution is -2.38. The van der Waals surface area contributed by atoms with Crippen molar-refractivity contribution in [3.8, 4) is 5.69 Å². The van der Waals surface area contributed by atoms with Gasteiger partial charge in [-0.05, 0) is 64.2 Å². The van der Waals surface area contributed by atoms with Gasteiger partial charge in [0.25, 0.3) is 5.91 Å². The molecule has 8 heteroatoms. The van der Waals surface area contributed by atoms with Crippen LogP contribution in [0.3, 0.4) is 0 Å². The summed E-state index contributed by atoms with van der Waals surface area (Å²) in [6.45, 7) is 5.90. The summed E-state index contributed by atoms with van der Waals surface area (Å²) in [5.41, 5.74) is 3.84. The number of aryl methyl sites for hydroxylation is 3. The van der Waals surface area contributed by atoms with Crippen molar-refractivity contribution in [1.82, 2.24) is 34.8 Å². The molecule has 2 fully saturated rings. The molecule has 1 amide bonds. The van der Waals surface area contributed by atoms with E-state index in [1.165, 1.54) is 4.80 Å². The molecule has 154 valence electrons. The van der Waals surface area contributed by atoms with E-state index in [4.69, 9.17) is 0 Å².